The number of hydrogen-bond donors (Lipinski definition) is 4. The zero-order valence-corrected chi connectivity index (χ0v) is 9.59. The SMILES string of the molecule is NC1=NC(N)(C=O)NC(N)(C=O)N1c1ncncn1. The third-order valence-electron chi connectivity index (χ3n) is 2.34. The highest BCUT2D eigenvalue weighted by atomic mass is 16.1. The Morgan fingerprint density at radius 3 is 2.37 bits per heavy atom. The van der Waals surface area contributed by atoms with Gasteiger partial charge in [-0.3, -0.25) is 21.1 Å². The quantitative estimate of drug-likeness (QED) is 0.396. The van der Waals surface area contributed by atoms with E-state index in [4.69, 9.17) is 17.2 Å². The van der Waals surface area contributed by atoms with Crippen LogP contribution in [0.3, 0.4) is 0 Å². The lowest BCUT2D eigenvalue weighted by molar-refractivity contribution is -0.118. The molecule has 11 heteroatoms. The van der Waals surface area contributed by atoms with Gasteiger partial charge in [0.1, 0.15) is 12.7 Å². The minimum Gasteiger partial charge on any atom is -0.369 e. The normalized spacial score (nSPS) is 30.6. The van der Waals surface area contributed by atoms with Crippen molar-refractivity contribution < 1.29 is 9.59 Å². The fourth-order valence-corrected chi connectivity index (χ4v) is 1.59. The molecule has 0 fully saturated rings. The maximum absolute atomic E-state index is 11.2. The van der Waals surface area contributed by atoms with Crippen LogP contribution in [0.4, 0.5) is 5.95 Å². The molecular formula is C8H11N9O2. The summed E-state index contributed by atoms with van der Waals surface area (Å²) in [6, 6.07) is 0. The number of aromatic nitrogens is 3. The van der Waals surface area contributed by atoms with Crippen molar-refractivity contribution in [1.82, 2.24) is 20.3 Å². The van der Waals surface area contributed by atoms with Crippen LogP contribution in [0.5, 0.6) is 0 Å². The molecule has 2 rings (SSSR count). The van der Waals surface area contributed by atoms with Gasteiger partial charge in [-0.05, 0) is 0 Å². The van der Waals surface area contributed by atoms with Crippen LogP contribution in [-0.4, -0.2) is 45.1 Å². The molecule has 1 aliphatic rings. The summed E-state index contributed by atoms with van der Waals surface area (Å²) in [5.41, 5.74) is 17.1. The first-order valence-corrected chi connectivity index (χ1v) is 5.01. The van der Waals surface area contributed by atoms with Gasteiger partial charge in [0.15, 0.2) is 12.6 Å². The Morgan fingerprint density at radius 1 is 1.21 bits per heavy atom. The number of anilines is 1. The van der Waals surface area contributed by atoms with E-state index in [0.717, 1.165) is 4.90 Å². The summed E-state index contributed by atoms with van der Waals surface area (Å²) in [7, 11) is 0. The Morgan fingerprint density at radius 2 is 1.84 bits per heavy atom. The van der Waals surface area contributed by atoms with Crippen LogP contribution in [0.1, 0.15) is 0 Å². The summed E-state index contributed by atoms with van der Waals surface area (Å²) in [6.45, 7) is 0. The highest BCUT2D eigenvalue weighted by Gasteiger charge is 2.47. The van der Waals surface area contributed by atoms with Crippen LogP contribution in [-0.2, 0) is 9.59 Å². The van der Waals surface area contributed by atoms with Crippen molar-refractivity contribution in [3.05, 3.63) is 12.7 Å². The van der Waals surface area contributed by atoms with Crippen molar-refractivity contribution in [3.8, 4) is 0 Å². The third kappa shape index (κ3) is 2.12. The number of nitrogens with zero attached hydrogens (tertiary/aromatic N) is 5. The third-order valence-corrected chi connectivity index (χ3v) is 2.34. The maximum Gasteiger partial charge on any atom is 0.238 e. The molecule has 2 unspecified atom stereocenters. The number of carbonyl (C=O) groups excluding carboxylic acids is 2. The van der Waals surface area contributed by atoms with Crippen molar-refractivity contribution in [2.24, 2.45) is 22.2 Å². The molecule has 1 aromatic rings. The number of hydrogen-bond acceptors (Lipinski definition) is 11. The van der Waals surface area contributed by atoms with Crippen molar-refractivity contribution >= 4 is 24.5 Å². The molecule has 0 saturated carbocycles. The molecular weight excluding hydrogens is 254 g/mol. The number of aliphatic imine (C=N–C) groups is 1. The van der Waals surface area contributed by atoms with Crippen LogP contribution in [0.2, 0.25) is 0 Å². The van der Waals surface area contributed by atoms with E-state index in [-0.39, 0.29) is 18.2 Å². The molecule has 11 nitrogen and oxygen atoms in total. The Bertz CT molecular complexity index is 534. The number of carbonyl (C=O) groups is 2. The van der Waals surface area contributed by atoms with Gasteiger partial charge in [0, 0.05) is 0 Å². The van der Waals surface area contributed by atoms with E-state index < -0.39 is 11.6 Å². The highest BCUT2D eigenvalue weighted by Crippen LogP contribution is 2.18. The first-order chi connectivity index (χ1) is 8.94. The molecule has 0 aliphatic carbocycles. The summed E-state index contributed by atoms with van der Waals surface area (Å²) in [5, 5.41) is 2.36. The average Bonchev–Trinajstić information content (AvgIpc) is 2.39. The van der Waals surface area contributed by atoms with E-state index in [1.165, 1.54) is 12.7 Å². The van der Waals surface area contributed by atoms with Gasteiger partial charge in [-0.25, -0.2) is 30.2 Å². The minimum atomic E-state index is -1.91. The molecule has 7 N–H and O–H groups in total. The maximum atomic E-state index is 11.2. The molecule has 1 aliphatic heterocycles. The second-order valence-electron chi connectivity index (χ2n) is 3.76. The summed E-state index contributed by atoms with van der Waals surface area (Å²) in [5.74, 6) is -4.12. The van der Waals surface area contributed by atoms with E-state index in [9.17, 15) is 9.59 Å². The predicted octanol–water partition coefficient (Wildman–Crippen LogP) is -3.78. The molecule has 100 valence electrons. The van der Waals surface area contributed by atoms with Gasteiger partial charge in [-0.2, -0.15) is 0 Å². The Hall–Kier alpha value is -2.50. The molecule has 1 aromatic heterocycles. The topological polar surface area (TPSA) is 178 Å². The highest BCUT2D eigenvalue weighted by molar-refractivity contribution is 6.00. The van der Waals surface area contributed by atoms with Crippen molar-refractivity contribution in [2.45, 2.75) is 11.6 Å². The largest absolute Gasteiger partial charge is 0.369 e. The molecule has 0 aromatic carbocycles. The van der Waals surface area contributed by atoms with Gasteiger partial charge >= 0.3 is 0 Å². The van der Waals surface area contributed by atoms with Gasteiger partial charge in [0.25, 0.3) is 0 Å². The van der Waals surface area contributed by atoms with Crippen LogP contribution < -0.4 is 27.4 Å². The molecule has 0 amide bonds. The fraction of sp³-hybridized carbons (Fsp3) is 0.250. The number of nitrogens with one attached hydrogen (secondary N) is 1. The second kappa shape index (κ2) is 4.31. The molecule has 0 bridgehead atoms. The minimum absolute atomic E-state index is 0.0219. The van der Waals surface area contributed by atoms with Crippen LogP contribution >= 0.6 is 0 Å². The molecule has 19 heavy (non-hydrogen) atoms. The van der Waals surface area contributed by atoms with E-state index >= 15 is 0 Å². The van der Waals surface area contributed by atoms with Gasteiger partial charge in [0.2, 0.25) is 23.5 Å². The first-order valence-electron chi connectivity index (χ1n) is 5.01. The zero-order chi connectivity index (χ0) is 14.1. The van der Waals surface area contributed by atoms with Gasteiger partial charge in [-0.1, -0.05) is 0 Å². The van der Waals surface area contributed by atoms with E-state index in [1.54, 1.807) is 0 Å². The van der Waals surface area contributed by atoms with E-state index in [2.05, 4.69) is 25.3 Å². The average molecular weight is 265 g/mol. The molecule has 2 atom stereocenters. The van der Waals surface area contributed by atoms with Crippen LogP contribution in [0.25, 0.3) is 0 Å². The zero-order valence-electron chi connectivity index (χ0n) is 9.59. The second-order valence-corrected chi connectivity index (χ2v) is 3.76. The Labute approximate surface area is 106 Å². The first kappa shape index (κ1) is 12.9. The smallest absolute Gasteiger partial charge is 0.238 e. The van der Waals surface area contributed by atoms with E-state index in [1.807, 2.05) is 0 Å². The van der Waals surface area contributed by atoms with Gasteiger partial charge < -0.3 is 5.73 Å². The molecule has 0 saturated heterocycles. The fourth-order valence-electron chi connectivity index (χ4n) is 1.59. The van der Waals surface area contributed by atoms with Crippen molar-refractivity contribution in [1.29, 1.82) is 0 Å². The van der Waals surface area contributed by atoms with Gasteiger partial charge in [0.05, 0.1) is 0 Å². The predicted molar refractivity (Wildman–Crippen MR) is 63.0 cm³/mol. The lowest BCUT2D eigenvalue weighted by Crippen LogP contribution is -2.80. The number of rotatable bonds is 3. The lowest BCUT2D eigenvalue weighted by atomic mass is 10.2. The molecule has 0 radical (unpaired) electrons. The summed E-state index contributed by atoms with van der Waals surface area (Å²) in [6.07, 6.45) is 2.95. The number of nitrogens with two attached hydrogens (primary N) is 3. The Kier molecular flexibility index (Phi) is 2.94. The molecule has 0 spiro atoms. The molecule has 2 heterocycles. The van der Waals surface area contributed by atoms with Crippen LogP contribution in [0, 0.1) is 0 Å². The lowest BCUT2D eigenvalue weighted by Gasteiger charge is -2.43. The summed E-state index contributed by atoms with van der Waals surface area (Å²) >= 11 is 0. The van der Waals surface area contributed by atoms with E-state index in [0.29, 0.717) is 6.29 Å². The van der Waals surface area contributed by atoms with Crippen molar-refractivity contribution in [3.63, 3.8) is 0 Å². The Balaban J connectivity index is 2.55. The summed E-state index contributed by atoms with van der Waals surface area (Å²) in [4.78, 5) is 38.1. The van der Waals surface area contributed by atoms with Crippen molar-refractivity contribution in [2.75, 3.05) is 4.90 Å². The van der Waals surface area contributed by atoms with Gasteiger partial charge in [-0.15, -0.1) is 0 Å². The standard InChI is InChI=1S/C8H11N9O2/c9-5-15-7(10,1-18)16-8(11,2-19)17(5)6-13-3-12-4-14-6/h1-4,16H,10-11H2,(H2,9,15). The number of aldehydes is 2. The number of guanidine groups is 1. The van der Waals surface area contributed by atoms with Crippen LogP contribution in [0.15, 0.2) is 17.6 Å². The monoisotopic (exact) mass is 265 g/mol. The summed E-state index contributed by atoms with van der Waals surface area (Å²) < 4.78 is 0.